The maximum Gasteiger partial charge on any atom is 0.298 e. The van der Waals surface area contributed by atoms with E-state index in [2.05, 4.69) is 5.43 Å². The summed E-state index contributed by atoms with van der Waals surface area (Å²) < 4.78 is 4.92. The fourth-order valence-corrected chi connectivity index (χ4v) is 1.77. The highest BCUT2D eigenvalue weighted by molar-refractivity contribution is 5.66. The van der Waals surface area contributed by atoms with Gasteiger partial charge in [-0.3, -0.25) is 10.1 Å². The number of nitrogens with zero attached hydrogens (tertiary/aromatic N) is 3. The number of nitro groups is 2. The second kappa shape index (κ2) is 6.39. The Morgan fingerprint density at radius 3 is 2.32 bits per heavy atom. The second-order valence-corrected chi connectivity index (χ2v) is 4.14. The van der Waals surface area contributed by atoms with Crippen molar-refractivity contribution in [3.05, 3.63) is 68.8 Å². The summed E-state index contributed by atoms with van der Waals surface area (Å²) in [5.41, 5.74) is 2.31. The fraction of sp³-hybridized carbons (Fsp3) is 0.0769. The van der Waals surface area contributed by atoms with Gasteiger partial charge in [0.15, 0.2) is 5.03 Å². The topological polar surface area (TPSA) is 111 Å². The first-order valence-electron chi connectivity index (χ1n) is 6.11. The van der Waals surface area contributed by atoms with Gasteiger partial charge < -0.3 is 4.74 Å². The normalized spacial score (nSPS) is 9.86. The van der Waals surface area contributed by atoms with E-state index in [1.54, 1.807) is 18.2 Å². The van der Waals surface area contributed by atoms with Gasteiger partial charge in [-0.15, -0.1) is 0 Å². The van der Waals surface area contributed by atoms with Gasteiger partial charge in [-0.05, 0) is 24.3 Å². The number of hydrogen-bond acceptors (Lipinski definition) is 6. The quantitative estimate of drug-likeness (QED) is 0.645. The molecule has 0 radical (unpaired) electrons. The van der Waals surface area contributed by atoms with E-state index in [0.29, 0.717) is 5.12 Å². The molecule has 0 unspecified atom stereocenters. The maximum absolute atomic E-state index is 11.2. The third-order valence-corrected chi connectivity index (χ3v) is 2.79. The largest absolute Gasteiger partial charge is 0.496 e. The molecule has 0 heterocycles. The molecule has 0 saturated heterocycles. The molecule has 9 nitrogen and oxygen atoms in total. The van der Waals surface area contributed by atoms with Crippen molar-refractivity contribution >= 4 is 17.1 Å². The predicted molar refractivity (Wildman–Crippen MR) is 79.2 cm³/mol. The van der Waals surface area contributed by atoms with Gasteiger partial charge in [0.25, 0.3) is 5.69 Å². The highest BCUT2D eigenvalue weighted by Crippen LogP contribution is 2.30. The Morgan fingerprint density at radius 1 is 1.09 bits per heavy atom. The number of nitrogens with one attached hydrogen (secondary N) is 1. The van der Waals surface area contributed by atoms with E-state index in [9.17, 15) is 20.2 Å². The molecule has 114 valence electrons. The highest BCUT2D eigenvalue weighted by atomic mass is 16.7. The highest BCUT2D eigenvalue weighted by Gasteiger charge is 2.23. The van der Waals surface area contributed by atoms with Crippen molar-refractivity contribution in [3.63, 3.8) is 0 Å². The molecule has 0 spiro atoms. The molecular weight excluding hydrogens is 292 g/mol. The Morgan fingerprint density at radius 2 is 1.77 bits per heavy atom. The molecule has 0 saturated carbocycles. The summed E-state index contributed by atoms with van der Waals surface area (Å²) in [6, 6.07) is 12.0. The second-order valence-electron chi connectivity index (χ2n) is 4.14. The molecule has 0 aliphatic carbocycles. The Balaban J connectivity index is 2.39. The average molecular weight is 304 g/mol. The van der Waals surface area contributed by atoms with Crippen molar-refractivity contribution in [2.75, 3.05) is 17.7 Å². The molecular formula is C13H12N4O5. The van der Waals surface area contributed by atoms with Crippen LogP contribution in [0.2, 0.25) is 0 Å². The molecule has 0 bridgehead atoms. The molecule has 2 rings (SSSR count). The lowest BCUT2D eigenvalue weighted by atomic mass is 10.2. The molecule has 22 heavy (non-hydrogen) atoms. The van der Waals surface area contributed by atoms with Crippen LogP contribution in [-0.4, -0.2) is 17.1 Å². The van der Waals surface area contributed by atoms with E-state index in [1.807, 2.05) is 0 Å². The number of methoxy groups -OCH3 is 1. The van der Waals surface area contributed by atoms with Crippen molar-refractivity contribution in [2.45, 2.75) is 0 Å². The molecule has 0 atom stereocenters. The summed E-state index contributed by atoms with van der Waals surface area (Å²) in [6.07, 6.45) is 0. The van der Waals surface area contributed by atoms with Gasteiger partial charge in [0.05, 0.1) is 18.1 Å². The Bertz CT molecular complexity index is 692. The first-order chi connectivity index (χ1) is 10.5. The molecule has 0 aromatic heterocycles. The third kappa shape index (κ3) is 3.20. The number of hydrazine groups is 2. The minimum absolute atomic E-state index is 0.0219. The Kier molecular flexibility index (Phi) is 4.37. The standard InChI is InChI=1S/C13H12N4O5/c1-22-11-7-8-12(13(9-11)16(18)19)14-15(17(20)21)10-5-3-2-4-6-10/h2-9,14H,1H3. The average Bonchev–Trinajstić information content (AvgIpc) is 2.53. The summed E-state index contributed by atoms with van der Waals surface area (Å²) in [4.78, 5) is 21.6. The third-order valence-electron chi connectivity index (χ3n) is 2.79. The van der Waals surface area contributed by atoms with Gasteiger partial charge in [0.1, 0.15) is 17.1 Å². The van der Waals surface area contributed by atoms with E-state index in [1.165, 1.54) is 37.4 Å². The molecule has 0 aliphatic heterocycles. The fourth-order valence-electron chi connectivity index (χ4n) is 1.77. The first-order valence-corrected chi connectivity index (χ1v) is 6.11. The van der Waals surface area contributed by atoms with Crippen LogP contribution in [-0.2, 0) is 0 Å². The van der Waals surface area contributed by atoms with E-state index >= 15 is 0 Å². The summed E-state index contributed by atoms with van der Waals surface area (Å²) in [7, 11) is 1.37. The van der Waals surface area contributed by atoms with Crippen LogP contribution in [0.25, 0.3) is 0 Å². The molecule has 2 aromatic rings. The summed E-state index contributed by atoms with van der Waals surface area (Å²) in [6.45, 7) is 0. The minimum Gasteiger partial charge on any atom is -0.496 e. The van der Waals surface area contributed by atoms with Crippen molar-refractivity contribution in [1.29, 1.82) is 0 Å². The zero-order valence-electron chi connectivity index (χ0n) is 11.5. The van der Waals surface area contributed by atoms with Gasteiger partial charge in [-0.1, -0.05) is 18.2 Å². The van der Waals surface area contributed by atoms with Crippen molar-refractivity contribution in [1.82, 2.24) is 0 Å². The molecule has 0 amide bonds. The van der Waals surface area contributed by atoms with Crippen LogP contribution in [0.4, 0.5) is 17.1 Å². The van der Waals surface area contributed by atoms with Crippen LogP contribution < -0.4 is 15.3 Å². The smallest absolute Gasteiger partial charge is 0.298 e. The number of ether oxygens (including phenoxy) is 1. The van der Waals surface area contributed by atoms with Gasteiger partial charge in [-0.25, -0.2) is 15.5 Å². The monoisotopic (exact) mass is 304 g/mol. The first kappa shape index (κ1) is 15.0. The molecule has 1 N–H and O–H groups in total. The van der Waals surface area contributed by atoms with Gasteiger partial charge in [-0.2, -0.15) is 0 Å². The van der Waals surface area contributed by atoms with Gasteiger partial charge >= 0.3 is 0 Å². The van der Waals surface area contributed by atoms with Crippen molar-refractivity contribution in [2.24, 2.45) is 0 Å². The zero-order valence-corrected chi connectivity index (χ0v) is 11.5. The Hall–Kier alpha value is -3.36. The van der Waals surface area contributed by atoms with Crippen LogP contribution in [0.3, 0.4) is 0 Å². The lowest BCUT2D eigenvalue weighted by Gasteiger charge is -2.16. The number of rotatable bonds is 6. The van der Waals surface area contributed by atoms with E-state index in [-0.39, 0.29) is 22.8 Å². The van der Waals surface area contributed by atoms with Crippen molar-refractivity contribution in [3.8, 4) is 5.75 Å². The van der Waals surface area contributed by atoms with Gasteiger partial charge in [0.2, 0.25) is 0 Å². The summed E-state index contributed by atoms with van der Waals surface area (Å²) in [5.74, 6) is 0.282. The predicted octanol–water partition coefficient (Wildman–Crippen LogP) is 2.63. The maximum atomic E-state index is 11.2. The van der Waals surface area contributed by atoms with Crippen LogP contribution >= 0.6 is 0 Å². The molecule has 0 fully saturated rings. The van der Waals surface area contributed by atoms with Crippen LogP contribution in [0, 0.1) is 20.2 Å². The molecule has 0 aliphatic rings. The SMILES string of the molecule is COc1ccc(NN(c2ccccc2)[N+](=O)[O-])c([N+](=O)[O-])c1. The van der Waals surface area contributed by atoms with E-state index < -0.39 is 9.96 Å². The van der Waals surface area contributed by atoms with Crippen LogP contribution in [0.5, 0.6) is 5.75 Å². The van der Waals surface area contributed by atoms with Crippen LogP contribution in [0.15, 0.2) is 48.5 Å². The number of nitro benzene ring substituents is 1. The van der Waals surface area contributed by atoms with E-state index in [0.717, 1.165) is 0 Å². The molecule has 9 heteroatoms. The van der Waals surface area contributed by atoms with E-state index in [4.69, 9.17) is 4.74 Å². The van der Waals surface area contributed by atoms with Crippen LogP contribution in [0.1, 0.15) is 0 Å². The van der Waals surface area contributed by atoms with Crippen molar-refractivity contribution < 1.29 is 14.7 Å². The number of para-hydroxylation sites is 1. The lowest BCUT2D eigenvalue weighted by Crippen LogP contribution is -2.35. The van der Waals surface area contributed by atoms with Gasteiger partial charge in [0, 0.05) is 5.12 Å². The Labute approximate surface area is 125 Å². The minimum atomic E-state index is -0.705. The zero-order chi connectivity index (χ0) is 16.1. The number of anilines is 2. The summed E-state index contributed by atoms with van der Waals surface area (Å²) in [5, 5.41) is 22.2. The lowest BCUT2D eigenvalue weighted by molar-refractivity contribution is -0.490. The number of hydrogen-bond donors (Lipinski definition) is 1. The number of benzene rings is 2. The summed E-state index contributed by atoms with van der Waals surface area (Å²) >= 11 is 0. The molecule has 2 aromatic carbocycles.